The SMILES string of the molecule is CSC(CO)C(C)Nc1cncc(C(=O)O)n1. The summed E-state index contributed by atoms with van der Waals surface area (Å²) < 4.78 is 0. The van der Waals surface area contributed by atoms with Crippen molar-refractivity contribution < 1.29 is 15.0 Å². The van der Waals surface area contributed by atoms with Crippen LogP contribution in [0.3, 0.4) is 0 Å². The van der Waals surface area contributed by atoms with Gasteiger partial charge in [-0.3, -0.25) is 4.98 Å². The highest BCUT2D eigenvalue weighted by molar-refractivity contribution is 7.99. The first-order valence-corrected chi connectivity index (χ1v) is 6.32. The third-order valence-corrected chi connectivity index (χ3v) is 3.43. The first-order chi connectivity index (χ1) is 8.08. The van der Waals surface area contributed by atoms with Crippen LogP contribution in [-0.2, 0) is 0 Å². The molecule has 0 spiro atoms. The summed E-state index contributed by atoms with van der Waals surface area (Å²) in [6, 6.07) is -0.0339. The maximum Gasteiger partial charge on any atom is 0.356 e. The van der Waals surface area contributed by atoms with Crippen molar-refractivity contribution in [1.29, 1.82) is 0 Å². The number of carbonyl (C=O) groups is 1. The molecule has 0 aliphatic heterocycles. The quantitative estimate of drug-likeness (QED) is 0.690. The van der Waals surface area contributed by atoms with Crippen molar-refractivity contribution in [3.8, 4) is 0 Å². The van der Waals surface area contributed by atoms with E-state index in [1.807, 2.05) is 13.2 Å². The van der Waals surface area contributed by atoms with Gasteiger partial charge in [0.05, 0.1) is 19.0 Å². The van der Waals surface area contributed by atoms with Crippen LogP contribution in [0.15, 0.2) is 12.4 Å². The number of rotatable bonds is 6. The Balaban J connectivity index is 2.74. The first-order valence-electron chi connectivity index (χ1n) is 5.04. The lowest BCUT2D eigenvalue weighted by molar-refractivity contribution is 0.0690. The third kappa shape index (κ3) is 3.86. The van der Waals surface area contributed by atoms with Crippen LogP contribution in [0.2, 0.25) is 0 Å². The van der Waals surface area contributed by atoms with Crippen molar-refractivity contribution in [3.05, 3.63) is 18.1 Å². The van der Waals surface area contributed by atoms with E-state index in [-0.39, 0.29) is 23.6 Å². The fourth-order valence-electron chi connectivity index (χ4n) is 1.30. The molecule has 1 aromatic rings. The summed E-state index contributed by atoms with van der Waals surface area (Å²) in [4.78, 5) is 18.4. The Morgan fingerprint density at radius 2 is 2.29 bits per heavy atom. The maximum atomic E-state index is 10.7. The van der Waals surface area contributed by atoms with Crippen molar-refractivity contribution in [1.82, 2.24) is 9.97 Å². The molecule has 0 saturated carbocycles. The lowest BCUT2D eigenvalue weighted by Gasteiger charge is -2.21. The van der Waals surface area contributed by atoms with Crippen LogP contribution in [0, 0.1) is 0 Å². The van der Waals surface area contributed by atoms with Crippen LogP contribution in [0.25, 0.3) is 0 Å². The maximum absolute atomic E-state index is 10.7. The molecule has 6 nitrogen and oxygen atoms in total. The second-order valence-corrected chi connectivity index (χ2v) is 4.56. The van der Waals surface area contributed by atoms with Crippen LogP contribution in [0.5, 0.6) is 0 Å². The van der Waals surface area contributed by atoms with Crippen molar-refractivity contribution in [2.75, 3.05) is 18.2 Å². The van der Waals surface area contributed by atoms with Crippen LogP contribution >= 0.6 is 11.8 Å². The number of hydrogen-bond acceptors (Lipinski definition) is 6. The molecule has 17 heavy (non-hydrogen) atoms. The monoisotopic (exact) mass is 257 g/mol. The molecule has 0 aliphatic carbocycles. The number of aliphatic hydroxyl groups is 1. The van der Waals surface area contributed by atoms with Gasteiger partial charge in [0.1, 0.15) is 5.82 Å². The standard InChI is InChI=1S/C10H15N3O3S/c1-6(8(5-14)17-2)12-9-4-11-3-7(13-9)10(15)16/h3-4,6,8,14H,5H2,1-2H3,(H,12,13)(H,15,16). The van der Waals surface area contributed by atoms with E-state index in [0.717, 1.165) is 0 Å². The molecule has 0 aromatic carbocycles. The minimum Gasteiger partial charge on any atom is -0.476 e. The van der Waals surface area contributed by atoms with E-state index in [9.17, 15) is 4.79 Å². The third-order valence-electron chi connectivity index (χ3n) is 2.27. The van der Waals surface area contributed by atoms with Crippen molar-refractivity contribution >= 4 is 23.5 Å². The number of carboxylic acid groups (broad SMARTS) is 1. The molecule has 1 aromatic heterocycles. The van der Waals surface area contributed by atoms with Gasteiger partial charge in [-0.15, -0.1) is 0 Å². The van der Waals surface area contributed by atoms with Crippen molar-refractivity contribution in [3.63, 3.8) is 0 Å². The number of aliphatic hydroxyl groups excluding tert-OH is 1. The average Bonchev–Trinajstić information content (AvgIpc) is 2.30. The van der Waals surface area contributed by atoms with E-state index in [1.165, 1.54) is 24.2 Å². The number of anilines is 1. The normalized spacial score (nSPS) is 14.1. The van der Waals surface area contributed by atoms with Gasteiger partial charge in [0.25, 0.3) is 0 Å². The summed E-state index contributed by atoms with van der Waals surface area (Å²) >= 11 is 1.53. The van der Waals surface area contributed by atoms with E-state index >= 15 is 0 Å². The minimum atomic E-state index is -1.11. The summed E-state index contributed by atoms with van der Waals surface area (Å²) in [6.45, 7) is 1.94. The number of aromatic nitrogens is 2. The van der Waals surface area contributed by atoms with Gasteiger partial charge in [-0.25, -0.2) is 9.78 Å². The largest absolute Gasteiger partial charge is 0.476 e. The highest BCUT2D eigenvalue weighted by atomic mass is 32.2. The lowest BCUT2D eigenvalue weighted by Crippen LogP contribution is -2.31. The lowest BCUT2D eigenvalue weighted by atomic mass is 10.2. The summed E-state index contributed by atoms with van der Waals surface area (Å²) in [7, 11) is 0. The molecular weight excluding hydrogens is 242 g/mol. The van der Waals surface area contributed by atoms with E-state index in [1.54, 1.807) is 0 Å². The molecule has 1 heterocycles. The van der Waals surface area contributed by atoms with Crippen LogP contribution in [-0.4, -0.2) is 50.3 Å². The molecule has 0 amide bonds. The smallest absolute Gasteiger partial charge is 0.356 e. The van der Waals surface area contributed by atoms with Crippen molar-refractivity contribution in [2.45, 2.75) is 18.2 Å². The van der Waals surface area contributed by atoms with Gasteiger partial charge < -0.3 is 15.5 Å². The number of hydrogen-bond donors (Lipinski definition) is 3. The molecule has 0 fully saturated rings. The summed E-state index contributed by atoms with van der Waals surface area (Å²) in [5.41, 5.74) is -0.105. The van der Waals surface area contributed by atoms with Gasteiger partial charge in [0, 0.05) is 11.3 Å². The Bertz CT molecular complexity index is 385. The Labute approximate surface area is 103 Å². The molecular formula is C10H15N3O3S. The van der Waals surface area contributed by atoms with E-state index in [4.69, 9.17) is 10.2 Å². The predicted molar refractivity (Wildman–Crippen MR) is 66.5 cm³/mol. The fourth-order valence-corrected chi connectivity index (χ4v) is 1.93. The zero-order valence-electron chi connectivity index (χ0n) is 9.62. The Kier molecular flexibility index (Phi) is 5.17. The molecule has 1 rings (SSSR count). The highest BCUT2D eigenvalue weighted by Gasteiger charge is 2.16. The molecule has 0 radical (unpaired) electrons. The Morgan fingerprint density at radius 3 is 2.82 bits per heavy atom. The van der Waals surface area contributed by atoms with E-state index in [2.05, 4.69) is 15.3 Å². The van der Waals surface area contributed by atoms with Crippen molar-refractivity contribution in [2.24, 2.45) is 0 Å². The van der Waals surface area contributed by atoms with E-state index < -0.39 is 5.97 Å². The number of carboxylic acids is 1. The van der Waals surface area contributed by atoms with Gasteiger partial charge in [-0.05, 0) is 13.2 Å². The van der Waals surface area contributed by atoms with Gasteiger partial charge in [-0.1, -0.05) is 0 Å². The zero-order valence-corrected chi connectivity index (χ0v) is 10.4. The fraction of sp³-hybridized carbons (Fsp3) is 0.500. The van der Waals surface area contributed by atoms with Crippen LogP contribution < -0.4 is 5.32 Å². The molecule has 0 saturated heterocycles. The molecule has 2 atom stereocenters. The molecule has 0 bridgehead atoms. The number of thioether (sulfide) groups is 1. The zero-order chi connectivity index (χ0) is 12.8. The van der Waals surface area contributed by atoms with Gasteiger partial charge >= 0.3 is 5.97 Å². The van der Waals surface area contributed by atoms with Gasteiger partial charge in [-0.2, -0.15) is 11.8 Å². The van der Waals surface area contributed by atoms with Gasteiger partial charge in [0.2, 0.25) is 0 Å². The topological polar surface area (TPSA) is 95.3 Å². The Morgan fingerprint density at radius 1 is 1.59 bits per heavy atom. The first kappa shape index (κ1) is 13.7. The molecule has 2 unspecified atom stereocenters. The minimum absolute atomic E-state index is 0.0188. The van der Waals surface area contributed by atoms with Crippen LogP contribution in [0.4, 0.5) is 5.82 Å². The average molecular weight is 257 g/mol. The van der Waals surface area contributed by atoms with Crippen LogP contribution in [0.1, 0.15) is 17.4 Å². The molecule has 94 valence electrons. The molecule has 0 aliphatic rings. The molecule has 3 N–H and O–H groups in total. The highest BCUT2D eigenvalue weighted by Crippen LogP contribution is 2.14. The predicted octanol–water partition coefficient (Wildman–Crippen LogP) is 0.699. The summed E-state index contributed by atoms with van der Waals surface area (Å²) in [5, 5.41) is 20.9. The second kappa shape index (κ2) is 6.41. The number of nitrogens with one attached hydrogen (secondary N) is 1. The number of nitrogens with zero attached hydrogens (tertiary/aromatic N) is 2. The van der Waals surface area contributed by atoms with Gasteiger partial charge in [0.15, 0.2) is 5.69 Å². The number of aromatic carboxylic acids is 1. The van der Waals surface area contributed by atoms with E-state index in [0.29, 0.717) is 5.82 Å². The summed E-state index contributed by atoms with van der Waals surface area (Å²) in [5.74, 6) is -0.720. The summed E-state index contributed by atoms with van der Waals surface area (Å²) in [6.07, 6.45) is 4.55. The molecule has 7 heteroatoms. The second-order valence-electron chi connectivity index (χ2n) is 3.48. The Hall–Kier alpha value is -1.34.